The predicted octanol–water partition coefficient (Wildman–Crippen LogP) is 5.16. The molecule has 2 aromatic carbocycles. The molecule has 1 atom stereocenters. The first kappa shape index (κ1) is 14.2. The molecule has 3 heteroatoms. The first-order valence-corrected chi connectivity index (χ1v) is 8.25. The first-order chi connectivity index (χ1) is 11.1. The third-order valence-electron chi connectivity index (χ3n) is 4.96. The molecule has 0 fully saturated rings. The fourth-order valence-corrected chi connectivity index (χ4v) is 3.61. The highest BCUT2D eigenvalue weighted by Gasteiger charge is 2.26. The molecule has 23 heavy (non-hydrogen) atoms. The fraction of sp³-hybridized carbons (Fsp3) is 0.300. The van der Waals surface area contributed by atoms with E-state index < -0.39 is 0 Å². The number of nitrogens with zero attached hydrogens (tertiary/aromatic N) is 2. The zero-order chi connectivity index (χ0) is 16.1. The van der Waals surface area contributed by atoms with Crippen LogP contribution in [0, 0.1) is 13.8 Å². The summed E-state index contributed by atoms with van der Waals surface area (Å²) in [5.74, 6) is 0. The van der Waals surface area contributed by atoms with Crippen molar-refractivity contribution in [3.8, 4) is 0 Å². The fourth-order valence-electron chi connectivity index (χ4n) is 3.61. The first-order valence-electron chi connectivity index (χ1n) is 8.25. The second-order valence-corrected chi connectivity index (χ2v) is 6.33. The largest absolute Gasteiger partial charge is 0.454 e. The lowest BCUT2D eigenvalue weighted by atomic mass is 10.1. The van der Waals surface area contributed by atoms with Gasteiger partial charge in [0, 0.05) is 29.7 Å². The van der Waals surface area contributed by atoms with E-state index in [1.165, 1.54) is 27.6 Å². The van der Waals surface area contributed by atoms with Crippen molar-refractivity contribution in [2.75, 3.05) is 11.4 Å². The van der Waals surface area contributed by atoms with Crippen LogP contribution in [0.5, 0.6) is 0 Å². The normalized spacial score (nSPS) is 17.8. The van der Waals surface area contributed by atoms with Crippen molar-refractivity contribution in [1.82, 2.24) is 4.90 Å². The van der Waals surface area contributed by atoms with E-state index in [1.807, 2.05) is 0 Å². The van der Waals surface area contributed by atoms with Gasteiger partial charge in [0.25, 0.3) is 0 Å². The van der Waals surface area contributed by atoms with Gasteiger partial charge in [-0.25, -0.2) is 0 Å². The Bertz CT molecular complexity index is 922. The van der Waals surface area contributed by atoms with E-state index in [9.17, 15) is 0 Å². The van der Waals surface area contributed by atoms with E-state index in [1.54, 1.807) is 0 Å². The molecule has 0 aliphatic carbocycles. The maximum atomic E-state index is 6.33. The molecule has 0 N–H and O–H groups in total. The molecule has 118 valence electrons. The number of rotatable bonds is 2. The molecule has 0 spiro atoms. The molecular formula is C20H22N2O. The van der Waals surface area contributed by atoms with Crippen molar-refractivity contribution in [3.05, 3.63) is 53.9 Å². The lowest BCUT2D eigenvalue weighted by Gasteiger charge is -2.29. The second-order valence-electron chi connectivity index (χ2n) is 6.33. The maximum Gasteiger partial charge on any atom is 0.159 e. The van der Waals surface area contributed by atoms with Crippen LogP contribution in [0.15, 0.2) is 47.1 Å². The second kappa shape index (κ2) is 5.05. The third kappa shape index (κ3) is 1.96. The molecule has 1 aromatic heterocycles. The molecule has 4 rings (SSSR count). The summed E-state index contributed by atoms with van der Waals surface area (Å²) in [7, 11) is 0. The molecule has 0 amide bonds. The molecule has 3 nitrogen and oxygen atoms in total. The average Bonchev–Trinajstić information content (AvgIpc) is 3.09. The van der Waals surface area contributed by atoms with Crippen LogP contribution in [0.4, 0.5) is 5.69 Å². The summed E-state index contributed by atoms with van der Waals surface area (Å²) in [5.41, 5.74) is 5.59. The van der Waals surface area contributed by atoms with Gasteiger partial charge in [-0.15, -0.1) is 0 Å². The minimum atomic E-state index is 0.304. The van der Waals surface area contributed by atoms with Gasteiger partial charge in [0.1, 0.15) is 11.7 Å². The van der Waals surface area contributed by atoms with Gasteiger partial charge in [0.05, 0.1) is 5.69 Å². The van der Waals surface area contributed by atoms with Crippen LogP contribution < -0.4 is 4.90 Å². The number of para-hydroxylation sites is 1. The van der Waals surface area contributed by atoms with Gasteiger partial charge in [-0.05, 0) is 38.8 Å². The molecule has 1 aliphatic heterocycles. The van der Waals surface area contributed by atoms with Gasteiger partial charge < -0.3 is 14.2 Å². The van der Waals surface area contributed by atoms with E-state index in [-0.39, 0.29) is 0 Å². The van der Waals surface area contributed by atoms with Crippen LogP contribution in [0.2, 0.25) is 0 Å². The highest BCUT2D eigenvalue weighted by molar-refractivity contribution is 6.10. The van der Waals surface area contributed by atoms with Crippen LogP contribution in [0.1, 0.15) is 25.0 Å². The Hall–Kier alpha value is -2.42. The lowest BCUT2D eigenvalue weighted by molar-refractivity contribution is 0.334. The Morgan fingerprint density at radius 2 is 1.74 bits per heavy atom. The van der Waals surface area contributed by atoms with Crippen molar-refractivity contribution < 1.29 is 4.42 Å². The quantitative estimate of drug-likeness (QED) is 0.652. The molecular weight excluding hydrogens is 284 g/mol. The smallest absolute Gasteiger partial charge is 0.159 e. The van der Waals surface area contributed by atoms with Gasteiger partial charge in [-0.2, -0.15) is 0 Å². The number of anilines is 1. The van der Waals surface area contributed by atoms with Gasteiger partial charge >= 0.3 is 0 Å². The van der Waals surface area contributed by atoms with Crippen LogP contribution in [-0.4, -0.2) is 17.6 Å². The Labute approximate surface area is 136 Å². The number of hydrogen-bond acceptors (Lipinski definition) is 3. The Balaban J connectivity index is 2.00. The summed E-state index contributed by atoms with van der Waals surface area (Å²) in [6, 6.07) is 10.7. The third-order valence-corrected chi connectivity index (χ3v) is 4.96. The molecule has 0 unspecified atom stereocenters. The molecule has 3 aromatic rings. The topological polar surface area (TPSA) is 19.6 Å². The molecule has 1 aliphatic rings. The van der Waals surface area contributed by atoms with Crippen molar-refractivity contribution >= 4 is 27.6 Å². The van der Waals surface area contributed by atoms with Crippen molar-refractivity contribution in [2.45, 2.75) is 33.9 Å². The minimum Gasteiger partial charge on any atom is -0.454 e. The SMILES string of the molecule is CCN1C=CN(c2c(C)ccc3c2oc2c(C)cccc23)[C@@H]1C. The number of fused-ring (bicyclic) bond motifs is 3. The van der Waals surface area contributed by atoms with Crippen molar-refractivity contribution in [3.63, 3.8) is 0 Å². The molecule has 0 bridgehead atoms. The van der Waals surface area contributed by atoms with E-state index in [0.717, 1.165) is 17.7 Å². The van der Waals surface area contributed by atoms with Crippen LogP contribution >= 0.6 is 0 Å². The summed E-state index contributed by atoms with van der Waals surface area (Å²) in [6.45, 7) is 9.68. The predicted molar refractivity (Wildman–Crippen MR) is 96.7 cm³/mol. The Morgan fingerprint density at radius 1 is 0.957 bits per heavy atom. The average molecular weight is 306 g/mol. The minimum absolute atomic E-state index is 0.304. The number of aryl methyl sites for hydroxylation is 2. The van der Waals surface area contributed by atoms with Crippen molar-refractivity contribution in [2.24, 2.45) is 0 Å². The molecule has 2 heterocycles. The summed E-state index contributed by atoms with van der Waals surface area (Å²) in [5, 5.41) is 2.39. The van der Waals surface area contributed by atoms with Crippen molar-refractivity contribution in [1.29, 1.82) is 0 Å². The van der Waals surface area contributed by atoms with Crippen LogP contribution in [-0.2, 0) is 0 Å². The van der Waals surface area contributed by atoms with Crippen LogP contribution in [0.25, 0.3) is 21.9 Å². The zero-order valence-electron chi connectivity index (χ0n) is 14.1. The van der Waals surface area contributed by atoms with E-state index >= 15 is 0 Å². The number of furan rings is 1. The summed E-state index contributed by atoms with van der Waals surface area (Å²) >= 11 is 0. The lowest BCUT2D eigenvalue weighted by Crippen LogP contribution is -2.36. The maximum absolute atomic E-state index is 6.33. The number of hydrogen-bond donors (Lipinski definition) is 0. The molecule has 0 saturated heterocycles. The Morgan fingerprint density at radius 3 is 2.48 bits per heavy atom. The monoisotopic (exact) mass is 306 g/mol. The van der Waals surface area contributed by atoms with Gasteiger partial charge in [0.15, 0.2) is 5.58 Å². The van der Waals surface area contributed by atoms with E-state index in [0.29, 0.717) is 6.17 Å². The van der Waals surface area contributed by atoms with Gasteiger partial charge in [0.2, 0.25) is 0 Å². The van der Waals surface area contributed by atoms with Crippen LogP contribution in [0.3, 0.4) is 0 Å². The highest BCUT2D eigenvalue weighted by Crippen LogP contribution is 2.40. The summed E-state index contributed by atoms with van der Waals surface area (Å²) < 4.78 is 6.33. The van der Waals surface area contributed by atoms with Gasteiger partial charge in [-0.1, -0.05) is 30.3 Å². The standard InChI is InChI=1S/C20H22N2O/c1-5-21-11-12-22(15(21)4)18-13(2)9-10-17-16-8-6-7-14(3)19(16)23-20(17)18/h6-12,15H,5H2,1-4H3/t15-/m1/s1. The van der Waals surface area contributed by atoms with E-state index in [4.69, 9.17) is 4.42 Å². The summed E-state index contributed by atoms with van der Waals surface area (Å²) in [4.78, 5) is 4.64. The molecule has 0 radical (unpaired) electrons. The zero-order valence-corrected chi connectivity index (χ0v) is 14.1. The molecule has 0 saturated carbocycles. The van der Waals surface area contributed by atoms with E-state index in [2.05, 4.69) is 80.2 Å². The Kier molecular flexibility index (Phi) is 3.12. The van der Waals surface area contributed by atoms with Gasteiger partial charge in [-0.3, -0.25) is 0 Å². The highest BCUT2D eigenvalue weighted by atomic mass is 16.3. The summed E-state index contributed by atoms with van der Waals surface area (Å²) in [6.07, 6.45) is 4.63. The number of benzene rings is 2.